The van der Waals surface area contributed by atoms with Crippen molar-refractivity contribution in [2.24, 2.45) is 0 Å². The molecule has 0 spiro atoms. The molecule has 2 fully saturated rings. The van der Waals surface area contributed by atoms with Gasteiger partial charge in [0.05, 0.1) is 6.54 Å². The molecule has 0 aromatic heterocycles. The summed E-state index contributed by atoms with van der Waals surface area (Å²) in [5.41, 5.74) is 0. The summed E-state index contributed by atoms with van der Waals surface area (Å²) in [6, 6.07) is 0.349. The summed E-state index contributed by atoms with van der Waals surface area (Å²) in [5, 5.41) is 3.06. The molecular formula is C9H16N2O2S. The lowest BCUT2D eigenvalue weighted by molar-refractivity contribution is -0.134. The van der Waals surface area contributed by atoms with Gasteiger partial charge in [0.15, 0.2) is 0 Å². The number of nitrogens with zero attached hydrogens (tertiary/aromatic N) is 1. The molecule has 4 nitrogen and oxygen atoms in total. The molecule has 2 rings (SSSR count). The Morgan fingerprint density at radius 3 is 2.71 bits per heavy atom. The summed E-state index contributed by atoms with van der Waals surface area (Å²) in [4.78, 5) is 13.5. The maximum atomic E-state index is 11.6. The number of piperazine rings is 1. The molecule has 2 aliphatic rings. The van der Waals surface area contributed by atoms with E-state index in [4.69, 9.17) is 0 Å². The Labute approximate surface area is 86.5 Å². The van der Waals surface area contributed by atoms with Crippen molar-refractivity contribution in [2.75, 3.05) is 31.1 Å². The smallest absolute Gasteiger partial charge is 0.236 e. The maximum Gasteiger partial charge on any atom is 0.236 e. The molecule has 0 atom stereocenters. The fourth-order valence-electron chi connectivity index (χ4n) is 2.10. The lowest BCUT2D eigenvalue weighted by Crippen LogP contribution is -2.53. The summed E-state index contributed by atoms with van der Waals surface area (Å²) >= 11 is 0. The zero-order chi connectivity index (χ0) is 9.97. The van der Waals surface area contributed by atoms with Gasteiger partial charge in [-0.2, -0.15) is 0 Å². The largest absolute Gasteiger partial charge is 0.337 e. The molecule has 80 valence electrons. The van der Waals surface area contributed by atoms with Crippen LogP contribution in [-0.2, 0) is 15.6 Å². The second-order valence-electron chi connectivity index (χ2n) is 3.84. The van der Waals surface area contributed by atoms with E-state index in [0.29, 0.717) is 12.6 Å². The van der Waals surface area contributed by atoms with Crippen LogP contribution in [-0.4, -0.2) is 52.2 Å². The Morgan fingerprint density at radius 1 is 1.36 bits per heavy atom. The van der Waals surface area contributed by atoms with Crippen LogP contribution >= 0.6 is 0 Å². The first-order valence-electron chi connectivity index (χ1n) is 5.12. The van der Waals surface area contributed by atoms with E-state index in [-0.39, 0.29) is 5.91 Å². The molecule has 0 saturated carbocycles. The average Bonchev–Trinajstić information content (AvgIpc) is 2.20. The van der Waals surface area contributed by atoms with Gasteiger partial charge in [-0.1, -0.05) is 0 Å². The standard InChI is InChI=1S/C9H16N2O2S/c12-9-7-10-3-4-11(9)8-1-5-14(13)6-2-8/h8,10H,1-7H2. The molecule has 1 amide bonds. The number of amides is 1. The van der Waals surface area contributed by atoms with Crippen molar-refractivity contribution in [2.45, 2.75) is 18.9 Å². The van der Waals surface area contributed by atoms with Crippen molar-refractivity contribution >= 4 is 16.7 Å². The van der Waals surface area contributed by atoms with Gasteiger partial charge in [0.1, 0.15) is 0 Å². The number of nitrogens with one attached hydrogen (secondary N) is 1. The van der Waals surface area contributed by atoms with Crippen molar-refractivity contribution in [1.82, 2.24) is 10.2 Å². The highest BCUT2D eigenvalue weighted by Crippen LogP contribution is 2.16. The van der Waals surface area contributed by atoms with E-state index in [1.807, 2.05) is 4.90 Å². The van der Waals surface area contributed by atoms with Gasteiger partial charge in [0.2, 0.25) is 5.91 Å². The zero-order valence-electron chi connectivity index (χ0n) is 8.20. The van der Waals surface area contributed by atoms with Gasteiger partial charge in [-0.25, -0.2) is 0 Å². The number of hydrogen-bond acceptors (Lipinski definition) is 3. The molecule has 0 unspecified atom stereocenters. The first-order valence-corrected chi connectivity index (χ1v) is 6.61. The normalized spacial score (nSPS) is 34.6. The minimum Gasteiger partial charge on any atom is -0.337 e. The van der Waals surface area contributed by atoms with Gasteiger partial charge in [-0.3, -0.25) is 9.00 Å². The lowest BCUT2D eigenvalue weighted by Gasteiger charge is -2.36. The topological polar surface area (TPSA) is 49.4 Å². The van der Waals surface area contributed by atoms with Crippen LogP contribution in [0, 0.1) is 0 Å². The van der Waals surface area contributed by atoms with E-state index < -0.39 is 10.8 Å². The van der Waals surface area contributed by atoms with E-state index in [9.17, 15) is 9.00 Å². The van der Waals surface area contributed by atoms with Crippen molar-refractivity contribution in [3.05, 3.63) is 0 Å². The Balaban J connectivity index is 1.93. The molecule has 0 bridgehead atoms. The molecule has 1 N–H and O–H groups in total. The minimum absolute atomic E-state index is 0.203. The average molecular weight is 216 g/mol. The highest BCUT2D eigenvalue weighted by molar-refractivity contribution is 7.85. The highest BCUT2D eigenvalue weighted by Gasteiger charge is 2.28. The third-order valence-corrected chi connectivity index (χ3v) is 4.31. The molecule has 0 radical (unpaired) electrons. The van der Waals surface area contributed by atoms with Crippen LogP contribution < -0.4 is 5.32 Å². The fraction of sp³-hybridized carbons (Fsp3) is 0.889. The Hall–Kier alpha value is -0.420. The summed E-state index contributed by atoms with van der Waals surface area (Å²) in [6.45, 7) is 2.18. The predicted molar refractivity (Wildman–Crippen MR) is 55.5 cm³/mol. The van der Waals surface area contributed by atoms with Gasteiger partial charge < -0.3 is 10.2 Å². The second kappa shape index (κ2) is 4.40. The monoisotopic (exact) mass is 216 g/mol. The number of carbonyl (C=O) groups excluding carboxylic acids is 1. The fourth-order valence-corrected chi connectivity index (χ4v) is 3.37. The van der Waals surface area contributed by atoms with Crippen LogP contribution in [0.3, 0.4) is 0 Å². The minimum atomic E-state index is -0.630. The quantitative estimate of drug-likeness (QED) is 0.632. The zero-order valence-corrected chi connectivity index (χ0v) is 9.02. The molecule has 0 aromatic carbocycles. The van der Waals surface area contributed by atoms with Crippen molar-refractivity contribution in [1.29, 1.82) is 0 Å². The Morgan fingerprint density at radius 2 is 2.07 bits per heavy atom. The van der Waals surface area contributed by atoms with Crippen molar-refractivity contribution in [3.8, 4) is 0 Å². The molecule has 14 heavy (non-hydrogen) atoms. The van der Waals surface area contributed by atoms with Crippen LogP contribution in [0.1, 0.15) is 12.8 Å². The summed E-state index contributed by atoms with van der Waals surface area (Å²) < 4.78 is 11.2. The third kappa shape index (κ3) is 2.15. The summed E-state index contributed by atoms with van der Waals surface area (Å²) in [6.07, 6.45) is 1.83. The molecule has 0 aromatic rings. The second-order valence-corrected chi connectivity index (χ2v) is 5.54. The molecule has 5 heteroatoms. The van der Waals surface area contributed by atoms with Crippen LogP contribution in [0.5, 0.6) is 0 Å². The lowest BCUT2D eigenvalue weighted by atomic mass is 10.1. The van der Waals surface area contributed by atoms with E-state index in [0.717, 1.165) is 37.4 Å². The SMILES string of the molecule is O=C1CNCCN1C1CCS(=O)CC1. The van der Waals surface area contributed by atoms with Crippen molar-refractivity contribution in [3.63, 3.8) is 0 Å². The highest BCUT2D eigenvalue weighted by atomic mass is 32.2. The molecule has 2 heterocycles. The van der Waals surface area contributed by atoms with Crippen LogP contribution in [0.15, 0.2) is 0 Å². The number of carbonyl (C=O) groups is 1. The van der Waals surface area contributed by atoms with Gasteiger partial charge in [-0.15, -0.1) is 0 Å². The van der Waals surface area contributed by atoms with E-state index in [1.165, 1.54) is 0 Å². The van der Waals surface area contributed by atoms with Crippen LogP contribution in [0.2, 0.25) is 0 Å². The van der Waals surface area contributed by atoms with E-state index in [2.05, 4.69) is 5.32 Å². The number of hydrogen-bond donors (Lipinski definition) is 1. The van der Waals surface area contributed by atoms with Gasteiger partial charge >= 0.3 is 0 Å². The molecule has 2 aliphatic heterocycles. The maximum absolute atomic E-state index is 11.6. The first kappa shape index (κ1) is 10.1. The predicted octanol–water partition coefficient (Wildman–Crippen LogP) is -0.671. The van der Waals surface area contributed by atoms with Crippen LogP contribution in [0.25, 0.3) is 0 Å². The number of rotatable bonds is 1. The van der Waals surface area contributed by atoms with Crippen LogP contribution in [0.4, 0.5) is 0 Å². The third-order valence-electron chi connectivity index (χ3n) is 2.92. The molecule has 2 saturated heterocycles. The van der Waals surface area contributed by atoms with Gasteiger partial charge in [-0.05, 0) is 12.8 Å². The Kier molecular flexibility index (Phi) is 3.18. The van der Waals surface area contributed by atoms with Gasteiger partial charge in [0, 0.05) is 41.4 Å². The Bertz CT molecular complexity index is 247. The summed E-state index contributed by atoms with van der Waals surface area (Å²) in [5.74, 6) is 1.73. The van der Waals surface area contributed by atoms with E-state index in [1.54, 1.807) is 0 Å². The van der Waals surface area contributed by atoms with Crippen molar-refractivity contribution < 1.29 is 9.00 Å². The molecule has 0 aliphatic carbocycles. The van der Waals surface area contributed by atoms with Gasteiger partial charge in [0.25, 0.3) is 0 Å². The molecular weight excluding hydrogens is 200 g/mol. The van der Waals surface area contributed by atoms with E-state index >= 15 is 0 Å². The first-order chi connectivity index (χ1) is 6.77. The summed E-state index contributed by atoms with van der Waals surface area (Å²) in [7, 11) is -0.630.